The molecule has 1 atom stereocenters. The third-order valence-corrected chi connectivity index (χ3v) is 3.82. The van der Waals surface area contributed by atoms with E-state index in [9.17, 15) is 14.3 Å². The first kappa shape index (κ1) is 16.8. The second-order valence-electron chi connectivity index (χ2n) is 3.35. The number of benzene rings is 1. The van der Waals surface area contributed by atoms with E-state index in [1.54, 1.807) is 18.2 Å². The molecule has 0 radical (unpaired) electrons. The normalized spacial score (nSPS) is 13.1. The van der Waals surface area contributed by atoms with E-state index < -0.39 is 13.3 Å². The molecule has 7 heteroatoms. The lowest BCUT2D eigenvalue weighted by Gasteiger charge is -2.09. The minimum atomic E-state index is -3.48. The Morgan fingerprint density at radius 3 is 2.00 bits per heavy atom. The minimum absolute atomic E-state index is 0.125. The molecule has 102 valence electrons. The molecule has 6 nitrogen and oxygen atoms in total. The molecule has 0 aliphatic carbocycles. The SMILES string of the molecule is O=C(O)CCP(=O)(O)c1ccccc1.OCCO. The van der Waals surface area contributed by atoms with Crippen LogP contribution in [0.3, 0.4) is 0 Å². The van der Waals surface area contributed by atoms with Gasteiger partial charge in [0.1, 0.15) is 0 Å². The van der Waals surface area contributed by atoms with Crippen LogP contribution in [0.15, 0.2) is 30.3 Å². The fraction of sp³-hybridized carbons (Fsp3) is 0.364. The molecule has 0 saturated carbocycles. The van der Waals surface area contributed by atoms with Crippen molar-refractivity contribution in [2.75, 3.05) is 19.4 Å². The number of hydrogen-bond acceptors (Lipinski definition) is 4. The third kappa shape index (κ3) is 7.19. The van der Waals surface area contributed by atoms with Crippen LogP contribution in [-0.4, -0.2) is 45.6 Å². The molecule has 0 aliphatic heterocycles. The number of rotatable bonds is 5. The molecule has 4 N–H and O–H groups in total. The summed E-state index contributed by atoms with van der Waals surface area (Å²) < 4.78 is 11.6. The van der Waals surface area contributed by atoms with Crippen molar-refractivity contribution in [3.8, 4) is 0 Å². The zero-order chi connectivity index (χ0) is 14.0. The van der Waals surface area contributed by atoms with E-state index in [-0.39, 0.29) is 25.8 Å². The summed E-state index contributed by atoms with van der Waals surface area (Å²) in [6.45, 7) is -0.250. The van der Waals surface area contributed by atoms with Gasteiger partial charge in [0.25, 0.3) is 0 Å². The van der Waals surface area contributed by atoms with Gasteiger partial charge in [0.15, 0.2) is 0 Å². The Balaban J connectivity index is 0.000000631. The van der Waals surface area contributed by atoms with Gasteiger partial charge in [-0.05, 0) is 12.1 Å². The molecule has 1 aromatic carbocycles. The van der Waals surface area contributed by atoms with Crippen LogP contribution in [0.4, 0.5) is 0 Å². The fourth-order valence-electron chi connectivity index (χ4n) is 1.04. The van der Waals surface area contributed by atoms with Gasteiger partial charge in [-0.3, -0.25) is 9.36 Å². The first-order valence-electron chi connectivity index (χ1n) is 5.25. The lowest BCUT2D eigenvalue weighted by molar-refractivity contribution is -0.136. The second kappa shape index (κ2) is 8.83. The van der Waals surface area contributed by atoms with Gasteiger partial charge >= 0.3 is 5.97 Å². The van der Waals surface area contributed by atoms with Gasteiger partial charge in [-0.15, -0.1) is 0 Å². The lowest BCUT2D eigenvalue weighted by atomic mass is 10.4. The van der Waals surface area contributed by atoms with Crippen molar-refractivity contribution in [3.63, 3.8) is 0 Å². The Hall–Kier alpha value is -1.20. The molecule has 1 rings (SSSR count). The van der Waals surface area contributed by atoms with Crippen LogP contribution < -0.4 is 5.30 Å². The lowest BCUT2D eigenvalue weighted by Crippen LogP contribution is -2.09. The molecule has 0 amide bonds. The number of carboxylic acid groups (broad SMARTS) is 1. The van der Waals surface area contributed by atoms with Gasteiger partial charge in [-0.1, -0.05) is 18.2 Å². The zero-order valence-electron chi connectivity index (χ0n) is 9.77. The van der Waals surface area contributed by atoms with Gasteiger partial charge in [-0.2, -0.15) is 0 Å². The van der Waals surface area contributed by atoms with Gasteiger partial charge < -0.3 is 20.2 Å². The summed E-state index contributed by atoms with van der Waals surface area (Å²) >= 11 is 0. The maximum absolute atomic E-state index is 11.6. The molecule has 0 fully saturated rings. The first-order valence-corrected chi connectivity index (χ1v) is 7.09. The van der Waals surface area contributed by atoms with Crippen molar-refractivity contribution in [1.82, 2.24) is 0 Å². The highest BCUT2D eigenvalue weighted by Gasteiger charge is 2.21. The summed E-state index contributed by atoms with van der Waals surface area (Å²) in [6.07, 6.45) is -0.505. The van der Waals surface area contributed by atoms with E-state index in [0.717, 1.165) is 0 Å². The number of carboxylic acids is 1. The van der Waals surface area contributed by atoms with Crippen LogP contribution in [0.1, 0.15) is 6.42 Å². The topological polar surface area (TPSA) is 115 Å². The van der Waals surface area contributed by atoms with Gasteiger partial charge in [0.05, 0.1) is 19.6 Å². The predicted octanol–water partition coefficient (Wildman–Crippen LogP) is 0.0280. The van der Waals surface area contributed by atoms with Crippen molar-refractivity contribution in [2.24, 2.45) is 0 Å². The standard InChI is InChI=1S/C9H11O4P.C2H6O2/c10-9(11)6-7-14(12,13)8-4-2-1-3-5-8;3-1-2-4/h1-5H,6-7H2,(H,10,11)(H,12,13);3-4H,1-2H2. The number of aliphatic hydroxyl groups excluding tert-OH is 2. The summed E-state index contributed by atoms with van der Waals surface area (Å²) in [7, 11) is -3.48. The molecule has 1 aromatic rings. The maximum atomic E-state index is 11.6. The first-order chi connectivity index (χ1) is 8.44. The molecule has 0 bridgehead atoms. The average molecular weight is 276 g/mol. The van der Waals surface area contributed by atoms with Crippen LogP contribution in [0, 0.1) is 0 Å². The number of hydrogen-bond donors (Lipinski definition) is 4. The van der Waals surface area contributed by atoms with Crippen LogP contribution in [0.5, 0.6) is 0 Å². The van der Waals surface area contributed by atoms with Gasteiger partial charge in [-0.25, -0.2) is 0 Å². The van der Waals surface area contributed by atoms with Crippen LogP contribution in [0.25, 0.3) is 0 Å². The molecule has 0 heterocycles. The summed E-state index contributed by atoms with van der Waals surface area (Å²) in [4.78, 5) is 19.8. The van der Waals surface area contributed by atoms with E-state index in [1.807, 2.05) is 0 Å². The molecule has 0 aliphatic rings. The number of carbonyl (C=O) groups is 1. The molecular formula is C11H17O6P. The highest BCUT2D eigenvalue weighted by Crippen LogP contribution is 2.39. The van der Waals surface area contributed by atoms with Crippen LogP contribution in [0.2, 0.25) is 0 Å². The third-order valence-electron chi connectivity index (χ3n) is 1.89. The Bertz CT molecular complexity index is 390. The second-order valence-corrected chi connectivity index (χ2v) is 5.72. The number of aliphatic hydroxyl groups is 2. The predicted molar refractivity (Wildman–Crippen MR) is 67.2 cm³/mol. The van der Waals surface area contributed by atoms with Gasteiger partial charge in [0.2, 0.25) is 7.37 Å². The van der Waals surface area contributed by atoms with Crippen molar-refractivity contribution in [2.45, 2.75) is 6.42 Å². The number of aliphatic carboxylic acids is 1. The molecular weight excluding hydrogens is 259 g/mol. The fourth-order valence-corrected chi connectivity index (χ4v) is 2.43. The molecule has 0 spiro atoms. The van der Waals surface area contributed by atoms with Crippen molar-refractivity contribution >= 4 is 18.6 Å². The van der Waals surface area contributed by atoms with E-state index in [4.69, 9.17) is 15.3 Å². The molecule has 0 saturated heterocycles. The Morgan fingerprint density at radius 1 is 1.11 bits per heavy atom. The van der Waals surface area contributed by atoms with Crippen molar-refractivity contribution < 1.29 is 29.6 Å². The van der Waals surface area contributed by atoms with Crippen LogP contribution in [-0.2, 0) is 9.36 Å². The molecule has 1 unspecified atom stereocenters. The van der Waals surface area contributed by atoms with Gasteiger partial charge in [0, 0.05) is 11.5 Å². The monoisotopic (exact) mass is 276 g/mol. The Morgan fingerprint density at radius 2 is 1.61 bits per heavy atom. The summed E-state index contributed by atoms with van der Waals surface area (Å²) in [6, 6.07) is 8.10. The van der Waals surface area contributed by atoms with E-state index in [1.165, 1.54) is 12.1 Å². The smallest absolute Gasteiger partial charge is 0.303 e. The van der Waals surface area contributed by atoms with Crippen molar-refractivity contribution in [1.29, 1.82) is 0 Å². The summed E-state index contributed by atoms with van der Waals surface area (Å²) in [5, 5.41) is 23.9. The summed E-state index contributed by atoms with van der Waals surface area (Å²) in [5.41, 5.74) is 0. The Labute approximate surface area is 105 Å². The van der Waals surface area contributed by atoms with Crippen LogP contribution >= 0.6 is 7.37 Å². The average Bonchev–Trinajstić information content (AvgIpc) is 2.38. The van der Waals surface area contributed by atoms with E-state index in [2.05, 4.69) is 0 Å². The van der Waals surface area contributed by atoms with E-state index in [0.29, 0.717) is 5.30 Å². The largest absolute Gasteiger partial charge is 0.481 e. The highest BCUT2D eigenvalue weighted by molar-refractivity contribution is 7.66. The highest BCUT2D eigenvalue weighted by atomic mass is 31.2. The van der Waals surface area contributed by atoms with E-state index >= 15 is 0 Å². The minimum Gasteiger partial charge on any atom is -0.481 e. The quantitative estimate of drug-likeness (QED) is 0.564. The zero-order valence-corrected chi connectivity index (χ0v) is 10.7. The molecule has 0 aromatic heterocycles. The Kier molecular flexibility index (Phi) is 8.24. The molecule has 18 heavy (non-hydrogen) atoms. The van der Waals surface area contributed by atoms with Crippen molar-refractivity contribution in [3.05, 3.63) is 30.3 Å². The summed E-state index contributed by atoms with van der Waals surface area (Å²) in [5.74, 6) is -1.06. The maximum Gasteiger partial charge on any atom is 0.303 e.